The Balaban J connectivity index is 2.20. The maximum absolute atomic E-state index is 9.47. The highest BCUT2D eigenvalue weighted by Crippen LogP contribution is 2.13. The van der Waals surface area contributed by atoms with Gasteiger partial charge in [-0.05, 0) is 46.7 Å². The Hall–Kier alpha value is -0.160. The van der Waals surface area contributed by atoms with Crippen molar-refractivity contribution in [3.63, 3.8) is 0 Å². The number of rotatable bonds is 8. The molecule has 0 spiro atoms. The van der Waals surface area contributed by atoms with E-state index in [2.05, 4.69) is 42.8 Å². The lowest BCUT2D eigenvalue weighted by Crippen LogP contribution is -2.49. The third-order valence-electron chi connectivity index (χ3n) is 4.29. The highest BCUT2D eigenvalue weighted by Gasteiger charge is 2.23. The van der Waals surface area contributed by atoms with Crippen LogP contribution in [0.15, 0.2) is 0 Å². The molecule has 0 aliphatic carbocycles. The van der Waals surface area contributed by atoms with Gasteiger partial charge in [0.2, 0.25) is 0 Å². The SMILES string of the molecule is CCNC(C)(CO)CCCN1CCN(C(C)C)CC1. The van der Waals surface area contributed by atoms with E-state index in [1.807, 2.05) is 0 Å². The topological polar surface area (TPSA) is 38.7 Å². The Labute approximate surface area is 119 Å². The zero-order valence-electron chi connectivity index (χ0n) is 13.3. The number of aliphatic hydroxyl groups is 1. The average molecular weight is 271 g/mol. The normalized spacial score (nSPS) is 21.8. The van der Waals surface area contributed by atoms with E-state index >= 15 is 0 Å². The van der Waals surface area contributed by atoms with Crippen LogP contribution in [0.25, 0.3) is 0 Å². The number of aliphatic hydroxyl groups excluding tert-OH is 1. The second-order valence-electron chi connectivity index (χ2n) is 6.32. The lowest BCUT2D eigenvalue weighted by atomic mass is 9.96. The molecule has 1 fully saturated rings. The van der Waals surface area contributed by atoms with Crippen LogP contribution in [0.2, 0.25) is 0 Å². The van der Waals surface area contributed by atoms with Gasteiger partial charge < -0.3 is 15.3 Å². The van der Waals surface area contributed by atoms with Crippen molar-refractivity contribution in [1.82, 2.24) is 15.1 Å². The molecular formula is C15H33N3O. The summed E-state index contributed by atoms with van der Waals surface area (Å²) >= 11 is 0. The van der Waals surface area contributed by atoms with Crippen LogP contribution < -0.4 is 5.32 Å². The summed E-state index contributed by atoms with van der Waals surface area (Å²) in [4.78, 5) is 5.11. The Bertz CT molecular complexity index is 240. The van der Waals surface area contributed by atoms with E-state index in [4.69, 9.17) is 0 Å². The van der Waals surface area contributed by atoms with E-state index in [1.165, 1.54) is 26.2 Å². The van der Waals surface area contributed by atoms with E-state index < -0.39 is 0 Å². The molecule has 0 amide bonds. The monoisotopic (exact) mass is 271 g/mol. The van der Waals surface area contributed by atoms with Crippen LogP contribution in [-0.2, 0) is 0 Å². The van der Waals surface area contributed by atoms with Gasteiger partial charge in [-0.15, -0.1) is 0 Å². The molecule has 1 unspecified atom stereocenters. The minimum Gasteiger partial charge on any atom is -0.394 e. The first-order valence-electron chi connectivity index (χ1n) is 7.83. The zero-order chi connectivity index (χ0) is 14.3. The summed E-state index contributed by atoms with van der Waals surface area (Å²) in [5.41, 5.74) is -0.103. The molecule has 2 N–H and O–H groups in total. The van der Waals surface area contributed by atoms with Crippen molar-refractivity contribution in [1.29, 1.82) is 0 Å². The maximum Gasteiger partial charge on any atom is 0.0610 e. The largest absolute Gasteiger partial charge is 0.394 e. The van der Waals surface area contributed by atoms with Gasteiger partial charge in [0.25, 0.3) is 0 Å². The molecule has 0 aromatic rings. The van der Waals surface area contributed by atoms with E-state index in [-0.39, 0.29) is 12.1 Å². The number of nitrogens with zero attached hydrogens (tertiary/aromatic N) is 2. The summed E-state index contributed by atoms with van der Waals surface area (Å²) in [5.74, 6) is 0. The molecule has 1 aliphatic rings. The van der Waals surface area contributed by atoms with Gasteiger partial charge in [0.15, 0.2) is 0 Å². The molecule has 0 radical (unpaired) electrons. The molecule has 0 saturated carbocycles. The highest BCUT2D eigenvalue weighted by molar-refractivity contribution is 4.82. The minimum atomic E-state index is -0.103. The molecule has 4 nitrogen and oxygen atoms in total. The summed E-state index contributed by atoms with van der Waals surface area (Å²) in [7, 11) is 0. The molecule has 1 heterocycles. The summed E-state index contributed by atoms with van der Waals surface area (Å²) in [6.45, 7) is 15.8. The van der Waals surface area contributed by atoms with Crippen LogP contribution in [0, 0.1) is 0 Å². The fourth-order valence-corrected chi connectivity index (χ4v) is 2.85. The van der Waals surface area contributed by atoms with Crippen molar-refractivity contribution in [2.24, 2.45) is 0 Å². The van der Waals surface area contributed by atoms with Gasteiger partial charge in [0, 0.05) is 37.8 Å². The number of hydrogen-bond donors (Lipinski definition) is 2. The fourth-order valence-electron chi connectivity index (χ4n) is 2.85. The van der Waals surface area contributed by atoms with E-state index in [9.17, 15) is 5.11 Å². The predicted octanol–water partition coefficient (Wildman–Crippen LogP) is 1.15. The summed E-state index contributed by atoms with van der Waals surface area (Å²) in [6.07, 6.45) is 2.20. The van der Waals surface area contributed by atoms with Gasteiger partial charge in [0.05, 0.1) is 6.61 Å². The second kappa shape index (κ2) is 8.20. The van der Waals surface area contributed by atoms with Crippen molar-refractivity contribution < 1.29 is 5.11 Å². The lowest BCUT2D eigenvalue weighted by molar-refractivity contribution is 0.102. The molecule has 1 rings (SSSR count). The Morgan fingerprint density at radius 3 is 2.32 bits per heavy atom. The van der Waals surface area contributed by atoms with E-state index in [0.29, 0.717) is 6.04 Å². The first-order chi connectivity index (χ1) is 9.00. The van der Waals surface area contributed by atoms with Crippen molar-refractivity contribution >= 4 is 0 Å². The Morgan fingerprint density at radius 1 is 1.21 bits per heavy atom. The molecule has 0 aromatic carbocycles. The van der Waals surface area contributed by atoms with Gasteiger partial charge in [0.1, 0.15) is 0 Å². The van der Waals surface area contributed by atoms with Crippen LogP contribution in [0.1, 0.15) is 40.5 Å². The summed E-state index contributed by atoms with van der Waals surface area (Å²) in [5, 5.41) is 12.9. The van der Waals surface area contributed by atoms with Gasteiger partial charge in [-0.1, -0.05) is 6.92 Å². The van der Waals surface area contributed by atoms with Crippen LogP contribution in [0.3, 0.4) is 0 Å². The smallest absolute Gasteiger partial charge is 0.0610 e. The molecule has 0 bridgehead atoms. The number of hydrogen-bond acceptors (Lipinski definition) is 4. The molecule has 0 aromatic heterocycles. The van der Waals surface area contributed by atoms with Crippen molar-refractivity contribution in [2.45, 2.75) is 52.1 Å². The molecule has 19 heavy (non-hydrogen) atoms. The second-order valence-corrected chi connectivity index (χ2v) is 6.32. The molecule has 1 atom stereocenters. The van der Waals surface area contributed by atoms with Gasteiger partial charge in [-0.3, -0.25) is 4.90 Å². The number of likely N-dealkylation sites (N-methyl/N-ethyl adjacent to an activating group) is 1. The minimum absolute atomic E-state index is 0.103. The maximum atomic E-state index is 9.47. The van der Waals surface area contributed by atoms with Crippen molar-refractivity contribution in [2.75, 3.05) is 45.9 Å². The highest BCUT2D eigenvalue weighted by atomic mass is 16.3. The zero-order valence-corrected chi connectivity index (χ0v) is 13.3. The lowest BCUT2D eigenvalue weighted by Gasteiger charge is -2.37. The first-order valence-corrected chi connectivity index (χ1v) is 7.83. The summed E-state index contributed by atoms with van der Waals surface area (Å²) < 4.78 is 0. The fraction of sp³-hybridized carbons (Fsp3) is 1.00. The van der Waals surface area contributed by atoms with Crippen LogP contribution in [0.5, 0.6) is 0 Å². The van der Waals surface area contributed by atoms with Gasteiger partial charge in [-0.2, -0.15) is 0 Å². The molecule has 4 heteroatoms. The summed E-state index contributed by atoms with van der Waals surface area (Å²) in [6, 6.07) is 0.675. The Morgan fingerprint density at radius 2 is 1.84 bits per heavy atom. The van der Waals surface area contributed by atoms with Crippen LogP contribution in [-0.4, -0.2) is 72.4 Å². The molecule has 1 saturated heterocycles. The predicted molar refractivity (Wildman–Crippen MR) is 81.6 cm³/mol. The molecular weight excluding hydrogens is 238 g/mol. The number of piperazine rings is 1. The quantitative estimate of drug-likeness (QED) is 0.695. The van der Waals surface area contributed by atoms with Crippen LogP contribution >= 0.6 is 0 Å². The van der Waals surface area contributed by atoms with Gasteiger partial charge in [-0.25, -0.2) is 0 Å². The molecule has 1 aliphatic heterocycles. The molecule has 114 valence electrons. The first kappa shape index (κ1) is 16.9. The van der Waals surface area contributed by atoms with Crippen LogP contribution in [0.4, 0.5) is 0 Å². The third kappa shape index (κ3) is 5.78. The Kier molecular flexibility index (Phi) is 7.29. The van der Waals surface area contributed by atoms with E-state index in [1.54, 1.807) is 0 Å². The van der Waals surface area contributed by atoms with Crippen molar-refractivity contribution in [3.8, 4) is 0 Å². The van der Waals surface area contributed by atoms with Gasteiger partial charge >= 0.3 is 0 Å². The number of nitrogens with one attached hydrogen (secondary N) is 1. The standard InChI is InChI=1S/C15H33N3O/c1-5-16-15(4,13-19)7-6-8-17-9-11-18(12-10-17)14(2)3/h14,16,19H,5-13H2,1-4H3. The van der Waals surface area contributed by atoms with E-state index in [0.717, 1.165) is 25.9 Å². The average Bonchev–Trinajstić information content (AvgIpc) is 2.39. The van der Waals surface area contributed by atoms with Crippen molar-refractivity contribution in [3.05, 3.63) is 0 Å². The third-order valence-corrected chi connectivity index (χ3v) is 4.29.